The topological polar surface area (TPSA) is 54.3 Å². The van der Waals surface area contributed by atoms with Gasteiger partial charge in [0.05, 0.1) is 12.1 Å². The largest absolute Gasteiger partial charge is 0.352 e. The number of halogens is 2. The molecule has 0 saturated carbocycles. The maximum absolute atomic E-state index is 12.2. The summed E-state index contributed by atoms with van der Waals surface area (Å²) < 4.78 is 1.46. The molecule has 0 radical (unpaired) electrons. The Hall–Kier alpha value is -1.82. The Labute approximate surface area is 157 Å². The van der Waals surface area contributed by atoms with Crippen LogP contribution in [-0.2, 0) is 6.54 Å². The molecule has 1 heterocycles. The van der Waals surface area contributed by atoms with Crippen LogP contribution in [0.1, 0.15) is 22.3 Å². The number of carbonyl (C=O) groups excluding carboxylic acids is 1. The summed E-state index contributed by atoms with van der Waals surface area (Å²) in [6, 6.07) is 8.03. The van der Waals surface area contributed by atoms with Gasteiger partial charge in [0.25, 0.3) is 11.5 Å². The van der Waals surface area contributed by atoms with Crippen molar-refractivity contribution in [2.24, 2.45) is 0 Å². The molecule has 2 aromatic rings. The number of benzene rings is 1. The molecule has 134 valence electrons. The molecule has 1 aromatic carbocycles. The molecule has 0 aliphatic rings. The van der Waals surface area contributed by atoms with Crippen LogP contribution in [0.5, 0.6) is 0 Å². The molecule has 2 rings (SSSR count). The smallest absolute Gasteiger partial charge is 0.252 e. The summed E-state index contributed by atoms with van der Waals surface area (Å²) in [5, 5.41) is 3.88. The Morgan fingerprint density at radius 2 is 1.96 bits per heavy atom. The van der Waals surface area contributed by atoms with Crippen LogP contribution in [0.15, 0.2) is 41.3 Å². The number of rotatable bonds is 7. The van der Waals surface area contributed by atoms with Gasteiger partial charge in [-0.3, -0.25) is 9.59 Å². The van der Waals surface area contributed by atoms with Crippen molar-refractivity contribution < 1.29 is 4.79 Å². The van der Waals surface area contributed by atoms with E-state index in [4.69, 9.17) is 23.2 Å². The molecule has 25 heavy (non-hydrogen) atoms. The molecule has 0 atom stereocenters. The highest BCUT2D eigenvalue weighted by Crippen LogP contribution is 2.21. The SMILES string of the molecule is CN(C)CCCNC(=O)c1ccc(=O)n(Cc2ccc(Cl)cc2Cl)c1. The highest BCUT2D eigenvalue weighted by Gasteiger charge is 2.09. The summed E-state index contributed by atoms with van der Waals surface area (Å²) in [6.07, 6.45) is 2.41. The maximum Gasteiger partial charge on any atom is 0.252 e. The van der Waals surface area contributed by atoms with E-state index < -0.39 is 0 Å². The molecular weight excluding hydrogens is 361 g/mol. The number of aromatic nitrogens is 1. The van der Waals surface area contributed by atoms with Crippen LogP contribution >= 0.6 is 23.2 Å². The highest BCUT2D eigenvalue weighted by molar-refractivity contribution is 6.35. The summed E-state index contributed by atoms with van der Waals surface area (Å²) in [5.74, 6) is -0.199. The van der Waals surface area contributed by atoms with E-state index in [1.54, 1.807) is 24.4 Å². The van der Waals surface area contributed by atoms with Crippen molar-refractivity contribution in [1.82, 2.24) is 14.8 Å². The van der Waals surface area contributed by atoms with Gasteiger partial charge in [0, 0.05) is 28.9 Å². The van der Waals surface area contributed by atoms with E-state index in [0.717, 1.165) is 18.5 Å². The molecule has 0 aliphatic heterocycles. The number of nitrogens with zero attached hydrogens (tertiary/aromatic N) is 2. The first-order valence-electron chi connectivity index (χ1n) is 7.94. The second-order valence-corrected chi connectivity index (χ2v) is 6.88. The van der Waals surface area contributed by atoms with Gasteiger partial charge in [0.15, 0.2) is 0 Å². The van der Waals surface area contributed by atoms with E-state index in [9.17, 15) is 9.59 Å². The molecule has 1 aromatic heterocycles. The predicted molar refractivity (Wildman–Crippen MR) is 102 cm³/mol. The zero-order valence-corrected chi connectivity index (χ0v) is 15.8. The normalized spacial score (nSPS) is 10.9. The molecule has 0 bridgehead atoms. The third-order valence-electron chi connectivity index (χ3n) is 3.67. The van der Waals surface area contributed by atoms with Gasteiger partial charge >= 0.3 is 0 Å². The van der Waals surface area contributed by atoms with Crippen LogP contribution in [0.3, 0.4) is 0 Å². The number of carbonyl (C=O) groups is 1. The summed E-state index contributed by atoms with van der Waals surface area (Å²) in [4.78, 5) is 26.4. The van der Waals surface area contributed by atoms with Crippen molar-refractivity contribution >= 4 is 29.1 Å². The van der Waals surface area contributed by atoms with Crippen molar-refractivity contribution in [3.05, 3.63) is 68.1 Å². The standard InChI is InChI=1S/C18H21Cl2N3O2/c1-22(2)9-3-8-21-18(25)14-5-7-17(24)23(12-14)11-13-4-6-15(19)10-16(13)20/h4-7,10,12H,3,8-9,11H2,1-2H3,(H,21,25). The van der Waals surface area contributed by atoms with Crippen molar-refractivity contribution in [3.63, 3.8) is 0 Å². The van der Waals surface area contributed by atoms with Gasteiger partial charge in [0.1, 0.15) is 0 Å². The third kappa shape index (κ3) is 5.88. The van der Waals surface area contributed by atoms with Gasteiger partial charge < -0.3 is 14.8 Å². The van der Waals surface area contributed by atoms with Gasteiger partial charge in [-0.2, -0.15) is 0 Å². The lowest BCUT2D eigenvalue weighted by Crippen LogP contribution is -2.29. The lowest BCUT2D eigenvalue weighted by Gasteiger charge is -2.11. The quantitative estimate of drug-likeness (QED) is 0.750. The van der Waals surface area contributed by atoms with Crippen LogP contribution in [0.4, 0.5) is 0 Å². The summed E-state index contributed by atoms with van der Waals surface area (Å²) in [7, 11) is 3.97. The summed E-state index contributed by atoms with van der Waals surface area (Å²) >= 11 is 12.1. The fourth-order valence-electron chi connectivity index (χ4n) is 2.32. The first-order valence-corrected chi connectivity index (χ1v) is 8.70. The molecule has 0 saturated heterocycles. The average Bonchev–Trinajstić information content (AvgIpc) is 2.55. The Kier molecular flexibility index (Phi) is 7.05. The van der Waals surface area contributed by atoms with Gasteiger partial charge in [-0.1, -0.05) is 29.3 Å². The van der Waals surface area contributed by atoms with Crippen LogP contribution in [-0.4, -0.2) is 42.6 Å². The van der Waals surface area contributed by atoms with Crippen LogP contribution in [0.2, 0.25) is 10.0 Å². The van der Waals surface area contributed by atoms with Crippen molar-refractivity contribution in [1.29, 1.82) is 0 Å². The lowest BCUT2D eigenvalue weighted by molar-refractivity contribution is 0.0951. The molecule has 5 nitrogen and oxygen atoms in total. The van der Waals surface area contributed by atoms with E-state index >= 15 is 0 Å². The number of hydrogen-bond donors (Lipinski definition) is 1. The molecule has 1 amide bonds. The van der Waals surface area contributed by atoms with Crippen molar-refractivity contribution in [2.45, 2.75) is 13.0 Å². The van der Waals surface area contributed by atoms with Gasteiger partial charge in [0.2, 0.25) is 0 Å². The summed E-state index contributed by atoms with van der Waals surface area (Å²) in [6.45, 7) is 1.75. The minimum Gasteiger partial charge on any atom is -0.352 e. The first-order chi connectivity index (χ1) is 11.9. The molecule has 1 N–H and O–H groups in total. The van der Waals surface area contributed by atoms with Gasteiger partial charge in [-0.25, -0.2) is 0 Å². The fourth-order valence-corrected chi connectivity index (χ4v) is 2.79. The molecule has 7 heteroatoms. The Bertz CT molecular complexity index is 803. The number of pyridine rings is 1. The van der Waals surface area contributed by atoms with Crippen molar-refractivity contribution in [3.8, 4) is 0 Å². The van der Waals surface area contributed by atoms with E-state index in [-0.39, 0.29) is 18.0 Å². The third-order valence-corrected chi connectivity index (χ3v) is 4.26. The molecule has 0 unspecified atom stereocenters. The van der Waals surface area contributed by atoms with E-state index in [0.29, 0.717) is 22.2 Å². The number of hydrogen-bond acceptors (Lipinski definition) is 3. The predicted octanol–water partition coefficient (Wildman–Crippen LogP) is 2.88. The number of amides is 1. The zero-order valence-electron chi connectivity index (χ0n) is 14.3. The van der Waals surface area contributed by atoms with Crippen molar-refractivity contribution in [2.75, 3.05) is 27.2 Å². The number of nitrogens with one attached hydrogen (secondary N) is 1. The molecule has 0 aliphatic carbocycles. The molecule has 0 spiro atoms. The summed E-state index contributed by atoms with van der Waals surface area (Å²) in [5.41, 5.74) is 1.00. The van der Waals surface area contributed by atoms with Gasteiger partial charge in [-0.05, 0) is 50.8 Å². The Morgan fingerprint density at radius 3 is 2.64 bits per heavy atom. The lowest BCUT2D eigenvalue weighted by atomic mass is 10.2. The van der Waals surface area contributed by atoms with Crippen LogP contribution in [0.25, 0.3) is 0 Å². The fraction of sp³-hybridized carbons (Fsp3) is 0.333. The van der Waals surface area contributed by atoms with Crippen LogP contribution in [0, 0.1) is 0 Å². The average molecular weight is 382 g/mol. The monoisotopic (exact) mass is 381 g/mol. The van der Waals surface area contributed by atoms with Crippen LogP contribution < -0.4 is 10.9 Å². The minimum absolute atomic E-state index is 0.199. The maximum atomic E-state index is 12.2. The second-order valence-electron chi connectivity index (χ2n) is 6.03. The zero-order chi connectivity index (χ0) is 18.4. The van der Waals surface area contributed by atoms with E-state index in [1.165, 1.54) is 16.7 Å². The Balaban J connectivity index is 2.09. The highest BCUT2D eigenvalue weighted by atomic mass is 35.5. The molecule has 0 fully saturated rings. The first kappa shape index (κ1) is 19.5. The Morgan fingerprint density at radius 1 is 1.20 bits per heavy atom. The molecular formula is C18H21Cl2N3O2. The second kappa shape index (κ2) is 9.04. The van der Waals surface area contributed by atoms with E-state index in [2.05, 4.69) is 10.2 Å². The van der Waals surface area contributed by atoms with E-state index in [1.807, 2.05) is 14.1 Å². The minimum atomic E-state index is -0.199. The van der Waals surface area contributed by atoms with Gasteiger partial charge in [-0.15, -0.1) is 0 Å².